The van der Waals surface area contributed by atoms with Crippen LogP contribution >= 0.6 is 11.6 Å². The lowest BCUT2D eigenvalue weighted by Gasteiger charge is -2.20. The monoisotopic (exact) mass is 241 g/mol. The third-order valence-electron chi connectivity index (χ3n) is 2.67. The van der Waals surface area contributed by atoms with Crippen LogP contribution in [0.25, 0.3) is 0 Å². The number of hydrogen-bond acceptors (Lipinski definition) is 2. The summed E-state index contributed by atoms with van der Waals surface area (Å²) in [5, 5.41) is 0.734. The summed E-state index contributed by atoms with van der Waals surface area (Å²) in [5.41, 5.74) is 6.94. The molecule has 0 aromatic heterocycles. The fourth-order valence-corrected chi connectivity index (χ4v) is 2.12. The van der Waals surface area contributed by atoms with Crippen molar-refractivity contribution in [1.82, 2.24) is 0 Å². The first-order valence-electron chi connectivity index (χ1n) is 5.62. The molecule has 0 saturated carbocycles. The summed E-state index contributed by atoms with van der Waals surface area (Å²) >= 11 is 6.02. The molecule has 0 aliphatic carbocycles. The normalized spacial score (nSPS) is 12.9. The van der Waals surface area contributed by atoms with Gasteiger partial charge in [-0.25, -0.2) is 0 Å². The maximum absolute atomic E-state index is 6.02. The third-order valence-corrected chi connectivity index (χ3v) is 2.91. The van der Waals surface area contributed by atoms with Gasteiger partial charge in [0.25, 0.3) is 0 Å². The summed E-state index contributed by atoms with van der Waals surface area (Å²) in [6.45, 7) is 5.01. The number of halogens is 1. The van der Waals surface area contributed by atoms with E-state index in [9.17, 15) is 0 Å². The zero-order chi connectivity index (χ0) is 12.1. The predicted molar refractivity (Wildman–Crippen MR) is 69.3 cm³/mol. The Kier molecular flexibility index (Phi) is 5.10. The van der Waals surface area contributed by atoms with Crippen molar-refractivity contribution in [3.05, 3.63) is 28.8 Å². The predicted octanol–water partition coefficient (Wildman–Crippen LogP) is 3.44. The lowest BCUT2D eigenvalue weighted by molar-refractivity contribution is 0.399. The van der Waals surface area contributed by atoms with Crippen LogP contribution in [-0.4, -0.2) is 13.7 Å². The van der Waals surface area contributed by atoms with Crippen molar-refractivity contribution in [3.63, 3.8) is 0 Å². The maximum Gasteiger partial charge on any atom is 0.122 e. The molecule has 1 aromatic rings. The van der Waals surface area contributed by atoms with Crippen molar-refractivity contribution >= 4 is 11.6 Å². The minimum Gasteiger partial charge on any atom is -0.496 e. The topological polar surface area (TPSA) is 35.2 Å². The average molecular weight is 242 g/mol. The molecule has 90 valence electrons. The van der Waals surface area contributed by atoms with Crippen LogP contribution < -0.4 is 10.5 Å². The van der Waals surface area contributed by atoms with Crippen LogP contribution in [0.3, 0.4) is 0 Å². The highest BCUT2D eigenvalue weighted by atomic mass is 35.5. The van der Waals surface area contributed by atoms with Crippen LogP contribution in [-0.2, 0) is 0 Å². The van der Waals surface area contributed by atoms with Crippen molar-refractivity contribution in [2.24, 2.45) is 11.7 Å². The Labute approximate surface area is 103 Å². The maximum atomic E-state index is 6.02. The van der Waals surface area contributed by atoms with Crippen molar-refractivity contribution in [1.29, 1.82) is 0 Å². The lowest BCUT2D eigenvalue weighted by atomic mass is 9.90. The second kappa shape index (κ2) is 6.12. The first-order valence-corrected chi connectivity index (χ1v) is 5.99. The Morgan fingerprint density at radius 1 is 1.38 bits per heavy atom. The highest BCUT2D eigenvalue weighted by molar-refractivity contribution is 6.30. The van der Waals surface area contributed by atoms with E-state index in [1.165, 1.54) is 0 Å². The van der Waals surface area contributed by atoms with Gasteiger partial charge in [0.05, 0.1) is 7.11 Å². The van der Waals surface area contributed by atoms with Gasteiger partial charge >= 0.3 is 0 Å². The first-order chi connectivity index (χ1) is 7.58. The fourth-order valence-electron chi connectivity index (χ4n) is 1.94. The summed E-state index contributed by atoms with van der Waals surface area (Å²) in [7, 11) is 1.68. The van der Waals surface area contributed by atoms with Gasteiger partial charge in [-0.2, -0.15) is 0 Å². The largest absolute Gasteiger partial charge is 0.496 e. The molecule has 0 radical (unpaired) electrons. The van der Waals surface area contributed by atoms with Gasteiger partial charge in [-0.3, -0.25) is 0 Å². The van der Waals surface area contributed by atoms with E-state index in [-0.39, 0.29) is 0 Å². The minimum absolute atomic E-state index is 0.314. The van der Waals surface area contributed by atoms with Gasteiger partial charge in [-0.1, -0.05) is 25.4 Å². The van der Waals surface area contributed by atoms with Gasteiger partial charge in [0.2, 0.25) is 0 Å². The van der Waals surface area contributed by atoms with Crippen LogP contribution in [0.15, 0.2) is 18.2 Å². The van der Waals surface area contributed by atoms with E-state index in [4.69, 9.17) is 22.1 Å². The molecule has 1 unspecified atom stereocenters. The standard InChI is InChI=1S/C13H20ClNO/c1-9(2)6-10(8-15)12-7-11(14)4-5-13(12)16-3/h4-5,7,9-10H,6,8,15H2,1-3H3. The van der Waals surface area contributed by atoms with Crippen molar-refractivity contribution in [2.75, 3.05) is 13.7 Å². The summed E-state index contributed by atoms with van der Waals surface area (Å²) in [5.74, 6) is 1.80. The molecular weight excluding hydrogens is 222 g/mol. The summed E-state index contributed by atoms with van der Waals surface area (Å²) < 4.78 is 5.35. The number of nitrogens with two attached hydrogens (primary N) is 1. The average Bonchev–Trinajstić information content (AvgIpc) is 2.25. The molecule has 0 fully saturated rings. The Hall–Kier alpha value is -0.730. The molecule has 0 heterocycles. The van der Waals surface area contributed by atoms with Crippen molar-refractivity contribution in [3.8, 4) is 5.75 Å². The van der Waals surface area contributed by atoms with E-state index in [2.05, 4.69) is 13.8 Å². The van der Waals surface area contributed by atoms with Gasteiger partial charge in [0, 0.05) is 10.9 Å². The van der Waals surface area contributed by atoms with E-state index in [0.717, 1.165) is 22.8 Å². The molecule has 0 amide bonds. The Morgan fingerprint density at radius 2 is 2.06 bits per heavy atom. The van der Waals surface area contributed by atoms with Crippen LogP contribution in [0.5, 0.6) is 5.75 Å². The number of ether oxygens (including phenoxy) is 1. The molecule has 0 saturated heterocycles. The number of hydrogen-bond donors (Lipinski definition) is 1. The van der Waals surface area contributed by atoms with Crippen LogP contribution in [0.4, 0.5) is 0 Å². The lowest BCUT2D eigenvalue weighted by Crippen LogP contribution is -2.15. The SMILES string of the molecule is COc1ccc(Cl)cc1C(CN)CC(C)C. The Morgan fingerprint density at radius 3 is 2.56 bits per heavy atom. The second-order valence-corrected chi connectivity index (χ2v) is 4.88. The van der Waals surface area contributed by atoms with E-state index >= 15 is 0 Å². The van der Waals surface area contributed by atoms with Crippen LogP contribution in [0, 0.1) is 5.92 Å². The molecule has 1 atom stereocenters. The number of benzene rings is 1. The highest BCUT2D eigenvalue weighted by Gasteiger charge is 2.16. The minimum atomic E-state index is 0.314. The molecule has 2 nitrogen and oxygen atoms in total. The summed E-state index contributed by atoms with van der Waals surface area (Å²) in [6.07, 6.45) is 1.05. The Bertz CT molecular complexity index is 339. The van der Waals surface area contributed by atoms with Gasteiger partial charge < -0.3 is 10.5 Å². The van der Waals surface area contributed by atoms with Gasteiger partial charge in [-0.15, -0.1) is 0 Å². The zero-order valence-electron chi connectivity index (χ0n) is 10.2. The first kappa shape index (κ1) is 13.3. The van der Waals surface area contributed by atoms with Crippen molar-refractivity contribution < 1.29 is 4.74 Å². The van der Waals surface area contributed by atoms with E-state index in [1.807, 2.05) is 18.2 Å². The molecule has 1 rings (SSSR count). The number of rotatable bonds is 5. The molecule has 0 aliphatic heterocycles. The molecular formula is C13H20ClNO. The molecule has 0 aliphatic rings. The van der Waals surface area contributed by atoms with Crippen LogP contribution in [0.1, 0.15) is 31.7 Å². The van der Waals surface area contributed by atoms with E-state index in [0.29, 0.717) is 18.4 Å². The third kappa shape index (κ3) is 3.39. The molecule has 1 aromatic carbocycles. The molecule has 3 heteroatoms. The Balaban J connectivity index is 3.02. The van der Waals surface area contributed by atoms with Crippen LogP contribution in [0.2, 0.25) is 5.02 Å². The fraction of sp³-hybridized carbons (Fsp3) is 0.538. The van der Waals surface area contributed by atoms with Gasteiger partial charge in [0.15, 0.2) is 0 Å². The van der Waals surface area contributed by atoms with Gasteiger partial charge in [0.1, 0.15) is 5.75 Å². The zero-order valence-corrected chi connectivity index (χ0v) is 10.9. The molecule has 16 heavy (non-hydrogen) atoms. The van der Waals surface area contributed by atoms with E-state index in [1.54, 1.807) is 7.11 Å². The molecule has 2 N–H and O–H groups in total. The van der Waals surface area contributed by atoms with Crippen molar-refractivity contribution in [2.45, 2.75) is 26.2 Å². The highest BCUT2D eigenvalue weighted by Crippen LogP contribution is 2.32. The summed E-state index contributed by atoms with van der Waals surface area (Å²) in [4.78, 5) is 0. The smallest absolute Gasteiger partial charge is 0.122 e. The quantitative estimate of drug-likeness (QED) is 0.857. The van der Waals surface area contributed by atoms with Gasteiger partial charge in [-0.05, 0) is 42.6 Å². The molecule has 0 spiro atoms. The second-order valence-electron chi connectivity index (χ2n) is 4.45. The van der Waals surface area contributed by atoms with E-state index < -0.39 is 0 Å². The number of methoxy groups -OCH3 is 1. The molecule has 0 bridgehead atoms. The summed E-state index contributed by atoms with van der Waals surface area (Å²) in [6, 6.07) is 5.70.